The summed E-state index contributed by atoms with van der Waals surface area (Å²) in [6, 6.07) is 5.03. The van der Waals surface area contributed by atoms with Gasteiger partial charge in [0.2, 0.25) is 0 Å². The number of hydrogen-bond donors (Lipinski definition) is 1. The first kappa shape index (κ1) is 20.3. The summed E-state index contributed by atoms with van der Waals surface area (Å²) < 4.78 is 10.4. The van der Waals surface area contributed by atoms with Gasteiger partial charge in [0.05, 0.1) is 40.3 Å². The highest BCUT2D eigenvalue weighted by Gasteiger charge is 2.38. The van der Waals surface area contributed by atoms with Crippen molar-refractivity contribution in [3.63, 3.8) is 0 Å². The highest BCUT2D eigenvalue weighted by molar-refractivity contribution is 6.42. The van der Waals surface area contributed by atoms with E-state index in [1.807, 2.05) is 0 Å². The molecule has 140 valence electrons. The number of halogens is 2. The average Bonchev–Trinajstić information content (AvgIpc) is 2.57. The summed E-state index contributed by atoms with van der Waals surface area (Å²) in [5, 5.41) is 3.81. The summed E-state index contributed by atoms with van der Waals surface area (Å²) >= 11 is 12.2. The van der Waals surface area contributed by atoms with Crippen molar-refractivity contribution in [1.29, 1.82) is 0 Å². The third-order valence-corrected chi connectivity index (χ3v) is 4.77. The molecule has 0 spiro atoms. The molecule has 1 aromatic rings. The number of dihydropyridines is 1. The number of carbonyl (C=O) groups excluding carboxylic acids is 2. The van der Waals surface area contributed by atoms with Crippen molar-refractivity contribution in [3.05, 3.63) is 56.3 Å². The van der Waals surface area contributed by atoms with E-state index in [9.17, 15) is 9.59 Å². The van der Waals surface area contributed by atoms with Crippen molar-refractivity contribution in [1.82, 2.24) is 5.32 Å². The van der Waals surface area contributed by atoms with E-state index < -0.39 is 17.9 Å². The zero-order valence-electron chi connectivity index (χ0n) is 15.1. The van der Waals surface area contributed by atoms with Crippen molar-refractivity contribution >= 4 is 35.1 Å². The molecular weight excluding hydrogens is 377 g/mol. The van der Waals surface area contributed by atoms with E-state index in [0.717, 1.165) is 0 Å². The van der Waals surface area contributed by atoms with Gasteiger partial charge in [0.1, 0.15) is 0 Å². The SMILES string of the molecule is CCOC(=O)C1=C(C)NC(C)=C(C(=O)OCC)C1c1ccc(Cl)c(Cl)c1. The van der Waals surface area contributed by atoms with Crippen LogP contribution in [0.15, 0.2) is 40.7 Å². The smallest absolute Gasteiger partial charge is 0.336 e. The summed E-state index contributed by atoms with van der Waals surface area (Å²) in [6.07, 6.45) is 0. The van der Waals surface area contributed by atoms with Crippen molar-refractivity contribution in [2.75, 3.05) is 13.2 Å². The Morgan fingerprint density at radius 3 is 1.88 bits per heavy atom. The summed E-state index contributed by atoms with van der Waals surface area (Å²) in [4.78, 5) is 25.2. The third-order valence-electron chi connectivity index (χ3n) is 4.03. The minimum Gasteiger partial charge on any atom is -0.463 e. The molecule has 0 aliphatic carbocycles. The van der Waals surface area contributed by atoms with Gasteiger partial charge in [-0.15, -0.1) is 0 Å². The van der Waals surface area contributed by atoms with E-state index in [-0.39, 0.29) is 13.2 Å². The van der Waals surface area contributed by atoms with Crippen LogP contribution >= 0.6 is 23.2 Å². The van der Waals surface area contributed by atoms with E-state index in [1.165, 1.54) is 0 Å². The fourth-order valence-corrected chi connectivity index (χ4v) is 3.28. The van der Waals surface area contributed by atoms with E-state index in [4.69, 9.17) is 32.7 Å². The molecule has 1 aromatic carbocycles. The Hall–Kier alpha value is -1.98. The van der Waals surface area contributed by atoms with Crippen molar-refractivity contribution < 1.29 is 19.1 Å². The molecule has 1 aliphatic rings. The van der Waals surface area contributed by atoms with Gasteiger partial charge in [-0.1, -0.05) is 29.3 Å². The lowest BCUT2D eigenvalue weighted by Gasteiger charge is -2.30. The Kier molecular flexibility index (Phi) is 6.73. The minimum atomic E-state index is -0.663. The zero-order valence-corrected chi connectivity index (χ0v) is 16.6. The van der Waals surface area contributed by atoms with Crippen LogP contribution in [-0.4, -0.2) is 25.2 Å². The van der Waals surface area contributed by atoms with Gasteiger partial charge >= 0.3 is 11.9 Å². The van der Waals surface area contributed by atoms with Gasteiger partial charge in [0, 0.05) is 11.4 Å². The fraction of sp³-hybridized carbons (Fsp3) is 0.368. The van der Waals surface area contributed by atoms with E-state index in [2.05, 4.69) is 5.32 Å². The molecule has 1 N–H and O–H groups in total. The molecule has 2 rings (SSSR count). The quantitative estimate of drug-likeness (QED) is 0.747. The minimum absolute atomic E-state index is 0.223. The summed E-state index contributed by atoms with van der Waals surface area (Å²) in [7, 11) is 0. The molecule has 0 saturated heterocycles. The largest absolute Gasteiger partial charge is 0.463 e. The first-order chi connectivity index (χ1) is 12.3. The van der Waals surface area contributed by atoms with Crippen LogP contribution in [0.25, 0.3) is 0 Å². The number of nitrogens with one attached hydrogen (secondary N) is 1. The summed E-state index contributed by atoms with van der Waals surface area (Å²) in [6.45, 7) is 7.43. The van der Waals surface area contributed by atoms with Gasteiger partial charge in [0.25, 0.3) is 0 Å². The Bertz CT molecular complexity index is 759. The number of esters is 2. The first-order valence-corrected chi connectivity index (χ1v) is 9.05. The normalized spacial score (nSPS) is 15.0. The first-order valence-electron chi connectivity index (χ1n) is 8.29. The lowest BCUT2D eigenvalue weighted by molar-refractivity contribution is -0.139. The van der Waals surface area contributed by atoms with Crippen LogP contribution < -0.4 is 5.32 Å². The van der Waals surface area contributed by atoms with Gasteiger partial charge in [-0.3, -0.25) is 0 Å². The standard InChI is InChI=1S/C19H21Cl2NO4/c1-5-25-18(23)15-10(3)22-11(4)16(19(24)26-6-2)17(15)12-7-8-13(20)14(21)9-12/h7-9,17,22H,5-6H2,1-4H3. The molecule has 0 unspecified atom stereocenters. The zero-order chi connectivity index (χ0) is 19.4. The highest BCUT2D eigenvalue weighted by atomic mass is 35.5. The molecule has 1 heterocycles. The monoisotopic (exact) mass is 397 g/mol. The Balaban J connectivity index is 2.66. The number of benzene rings is 1. The second kappa shape index (κ2) is 8.60. The molecule has 5 nitrogen and oxygen atoms in total. The molecule has 0 fully saturated rings. The van der Waals surface area contributed by atoms with Gasteiger partial charge < -0.3 is 14.8 Å². The van der Waals surface area contributed by atoms with Crippen LogP contribution in [0.4, 0.5) is 0 Å². The number of hydrogen-bond acceptors (Lipinski definition) is 5. The summed E-state index contributed by atoms with van der Waals surface area (Å²) in [5.41, 5.74) is 2.58. The molecule has 0 saturated carbocycles. The molecule has 26 heavy (non-hydrogen) atoms. The topological polar surface area (TPSA) is 64.6 Å². The predicted molar refractivity (Wildman–Crippen MR) is 101 cm³/mol. The number of allylic oxidation sites excluding steroid dienone is 2. The molecule has 0 aromatic heterocycles. The maximum atomic E-state index is 12.6. The van der Waals surface area contributed by atoms with E-state index >= 15 is 0 Å². The fourth-order valence-electron chi connectivity index (χ4n) is 2.98. The van der Waals surface area contributed by atoms with Crippen LogP contribution in [-0.2, 0) is 19.1 Å². The van der Waals surface area contributed by atoms with E-state index in [0.29, 0.717) is 38.1 Å². The molecule has 0 bridgehead atoms. The third kappa shape index (κ3) is 4.05. The van der Waals surface area contributed by atoms with Crippen molar-refractivity contribution in [3.8, 4) is 0 Å². The maximum absolute atomic E-state index is 12.6. The van der Waals surface area contributed by atoms with Crippen molar-refractivity contribution in [2.45, 2.75) is 33.6 Å². The summed E-state index contributed by atoms with van der Waals surface area (Å²) in [5.74, 6) is -1.66. The van der Waals surface area contributed by atoms with Gasteiger partial charge in [-0.05, 0) is 45.4 Å². The van der Waals surface area contributed by atoms with Crippen LogP contribution in [0, 0.1) is 0 Å². The Morgan fingerprint density at radius 1 is 0.962 bits per heavy atom. The van der Waals surface area contributed by atoms with Crippen LogP contribution in [0.3, 0.4) is 0 Å². The van der Waals surface area contributed by atoms with Gasteiger partial charge in [-0.2, -0.15) is 0 Å². The lowest BCUT2D eigenvalue weighted by atomic mass is 9.80. The van der Waals surface area contributed by atoms with Gasteiger partial charge in [-0.25, -0.2) is 9.59 Å². The van der Waals surface area contributed by atoms with Gasteiger partial charge in [0.15, 0.2) is 0 Å². The molecular formula is C19H21Cl2NO4. The molecule has 1 aliphatic heterocycles. The molecule has 7 heteroatoms. The van der Waals surface area contributed by atoms with Crippen LogP contribution in [0.5, 0.6) is 0 Å². The number of ether oxygens (including phenoxy) is 2. The Morgan fingerprint density at radius 2 is 1.46 bits per heavy atom. The number of rotatable bonds is 5. The van der Waals surface area contributed by atoms with Crippen LogP contribution in [0.2, 0.25) is 10.0 Å². The molecule has 0 radical (unpaired) electrons. The van der Waals surface area contributed by atoms with Crippen molar-refractivity contribution in [2.24, 2.45) is 0 Å². The maximum Gasteiger partial charge on any atom is 0.336 e. The second-order valence-electron chi connectivity index (χ2n) is 5.75. The Labute approximate surface area is 162 Å². The lowest BCUT2D eigenvalue weighted by Crippen LogP contribution is -2.32. The van der Waals surface area contributed by atoms with E-state index in [1.54, 1.807) is 45.9 Å². The number of carbonyl (C=O) groups is 2. The molecule has 0 amide bonds. The highest BCUT2D eigenvalue weighted by Crippen LogP contribution is 2.40. The predicted octanol–water partition coefficient (Wildman–Crippen LogP) is 4.35. The average molecular weight is 398 g/mol. The van der Waals surface area contributed by atoms with Crippen LogP contribution in [0.1, 0.15) is 39.2 Å². The second-order valence-corrected chi connectivity index (χ2v) is 6.56. The molecule has 0 atom stereocenters.